The van der Waals surface area contributed by atoms with Crippen LogP contribution < -0.4 is 0 Å². The van der Waals surface area contributed by atoms with Gasteiger partial charge in [0.15, 0.2) is 0 Å². The van der Waals surface area contributed by atoms with E-state index in [9.17, 15) is 5.11 Å². The van der Waals surface area contributed by atoms with Crippen molar-refractivity contribution in [1.82, 2.24) is 4.90 Å². The van der Waals surface area contributed by atoms with Crippen molar-refractivity contribution in [2.75, 3.05) is 26.2 Å². The summed E-state index contributed by atoms with van der Waals surface area (Å²) in [5.41, 5.74) is -0.936. The molecule has 0 aromatic carbocycles. The normalized spacial score (nSPS) is 13.3. The molecular formula is C15H29NO2. The lowest BCUT2D eigenvalue weighted by Gasteiger charge is -2.19. The Bertz CT molecular complexity index is 256. The van der Waals surface area contributed by atoms with Crippen LogP contribution in [0.1, 0.15) is 47.5 Å². The van der Waals surface area contributed by atoms with E-state index in [-0.39, 0.29) is 6.10 Å². The fraction of sp³-hybridized carbons (Fsp3) is 0.867. The molecule has 0 heterocycles. The molecule has 3 heteroatoms. The summed E-state index contributed by atoms with van der Waals surface area (Å²) in [5.74, 6) is 5.87. The highest BCUT2D eigenvalue weighted by atomic mass is 16.5. The van der Waals surface area contributed by atoms with E-state index in [1.165, 1.54) is 0 Å². The molecule has 18 heavy (non-hydrogen) atoms. The molecule has 0 rings (SSSR count). The molecule has 0 saturated heterocycles. The zero-order chi connectivity index (χ0) is 14.0. The average Bonchev–Trinajstić information content (AvgIpc) is 2.30. The second-order valence-corrected chi connectivity index (χ2v) is 5.00. The van der Waals surface area contributed by atoms with Gasteiger partial charge in [0.1, 0.15) is 11.7 Å². The molecule has 3 nitrogen and oxygen atoms in total. The number of rotatable bonds is 8. The number of nitrogens with zero attached hydrogens (tertiary/aromatic N) is 1. The molecule has 0 fully saturated rings. The van der Waals surface area contributed by atoms with Crippen LogP contribution in [0, 0.1) is 11.8 Å². The highest BCUT2D eigenvalue weighted by Crippen LogP contribution is 2.04. The van der Waals surface area contributed by atoms with Gasteiger partial charge in [0, 0.05) is 6.54 Å². The van der Waals surface area contributed by atoms with Crippen LogP contribution in [0.5, 0.6) is 0 Å². The van der Waals surface area contributed by atoms with Crippen molar-refractivity contribution in [3.63, 3.8) is 0 Å². The first kappa shape index (κ1) is 17.4. The predicted molar refractivity (Wildman–Crippen MR) is 76.5 cm³/mol. The molecule has 0 amide bonds. The van der Waals surface area contributed by atoms with E-state index in [1.807, 2.05) is 0 Å². The van der Waals surface area contributed by atoms with Crippen molar-refractivity contribution in [3.05, 3.63) is 0 Å². The Morgan fingerprint density at radius 2 is 1.83 bits per heavy atom. The summed E-state index contributed by atoms with van der Waals surface area (Å²) in [6.07, 6.45) is 1.90. The third-order valence-electron chi connectivity index (χ3n) is 2.71. The van der Waals surface area contributed by atoms with Gasteiger partial charge in [0.25, 0.3) is 0 Å². The van der Waals surface area contributed by atoms with E-state index in [0.717, 1.165) is 32.5 Å². The largest absolute Gasteiger partial charge is 0.378 e. The molecule has 0 aromatic rings. The first-order valence-corrected chi connectivity index (χ1v) is 7.01. The Morgan fingerprint density at radius 3 is 2.28 bits per heavy atom. The molecule has 1 unspecified atom stereocenters. The van der Waals surface area contributed by atoms with Crippen LogP contribution in [-0.2, 0) is 4.74 Å². The minimum absolute atomic E-state index is 0.0583. The first-order valence-electron chi connectivity index (χ1n) is 7.01. The van der Waals surface area contributed by atoms with Gasteiger partial charge in [-0.3, -0.25) is 0 Å². The fourth-order valence-electron chi connectivity index (χ4n) is 1.58. The van der Waals surface area contributed by atoms with Gasteiger partial charge >= 0.3 is 0 Å². The summed E-state index contributed by atoms with van der Waals surface area (Å²) in [5, 5.41) is 9.59. The SMILES string of the molecule is CCCC(C#CC(C)(C)O)OCCN(CC)CC. The lowest BCUT2D eigenvalue weighted by Crippen LogP contribution is -2.28. The Kier molecular flexibility index (Phi) is 9.09. The standard InChI is InChI=1S/C15H29NO2/c1-6-9-14(10-11-15(4,5)17)18-13-12-16(7-2)8-3/h14,17H,6-9,12-13H2,1-5H3. The summed E-state index contributed by atoms with van der Waals surface area (Å²) < 4.78 is 5.79. The topological polar surface area (TPSA) is 32.7 Å². The van der Waals surface area contributed by atoms with E-state index in [2.05, 4.69) is 37.5 Å². The van der Waals surface area contributed by atoms with Gasteiger partial charge in [-0.15, -0.1) is 0 Å². The van der Waals surface area contributed by atoms with Gasteiger partial charge in [-0.1, -0.05) is 39.0 Å². The molecular weight excluding hydrogens is 226 g/mol. The van der Waals surface area contributed by atoms with Crippen LogP contribution in [0.4, 0.5) is 0 Å². The van der Waals surface area contributed by atoms with Crippen LogP contribution >= 0.6 is 0 Å². The molecule has 0 spiro atoms. The molecule has 0 aliphatic heterocycles. The van der Waals surface area contributed by atoms with Crippen molar-refractivity contribution >= 4 is 0 Å². The quantitative estimate of drug-likeness (QED) is 0.676. The molecule has 0 saturated carbocycles. The van der Waals surface area contributed by atoms with Gasteiger partial charge in [-0.25, -0.2) is 0 Å². The molecule has 1 N–H and O–H groups in total. The van der Waals surface area contributed by atoms with Gasteiger partial charge in [0.05, 0.1) is 6.61 Å². The number of hydrogen-bond donors (Lipinski definition) is 1. The third kappa shape index (κ3) is 9.47. The minimum atomic E-state index is -0.936. The summed E-state index contributed by atoms with van der Waals surface area (Å²) in [6, 6.07) is 0. The smallest absolute Gasteiger partial charge is 0.120 e. The van der Waals surface area contributed by atoms with Crippen molar-refractivity contribution in [3.8, 4) is 11.8 Å². The maximum atomic E-state index is 9.59. The van der Waals surface area contributed by atoms with Crippen LogP contribution in [0.25, 0.3) is 0 Å². The summed E-state index contributed by atoms with van der Waals surface area (Å²) in [6.45, 7) is 13.6. The van der Waals surface area contributed by atoms with Gasteiger partial charge in [0.2, 0.25) is 0 Å². The number of likely N-dealkylation sites (N-methyl/N-ethyl adjacent to an activating group) is 1. The third-order valence-corrected chi connectivity index (χ3v) is 2.71. The van der Waals surface area contributed by atoms with Crippen molar-refractivity contribution in [2.45, 2.75) is 59.2 Å². The van der Waals surface area contributed by atoms with Crippen LogP contribution in [0.3, 0.4) is 0 Å². The van der Waals surface area contributed by atoms with Gasteiger partial charge in [-0.05, 0) is 33.4 Å². The monoisotopic (exact) mass is 255 g/mol. The molecule has 0 aliphatic rings. The maximum Gasteiger partial charge on any atom is 0.120 e. The molecule has 106 valence electrons. The van der Waals surface area contributed by atoms with Crippen molar-refractivity contribution in [2.24, 2.45) is 0 Å². The van der Waals surface area contributed by atoms with E-state index in [1.54, 1.807) is 13.8 Å². The number of ether oxygens (including phenoxy) is 1. The van der Waals surface area contributed by atoms with Crippen molar-refractivity contribution < 1.29 is 9.84 Å². The lowest BCUT2D eigenvalue weighted by molar-refractivity contribution is 0.0659. The average molecular weight is 255 g/mol. The Balaban J connectivity index is 4.15. The zero-order valence-corrected chi connectivity index (χ0v) is 12.6. The predicted octanol–water partition coefficient (Wildman–Crippen LogP) is 2.29. The molecule has 0 aliphatic carbocycles. The Hall–Kier alpha value is -0.560. The second kappa shape index (κ2) is 9.38. The van der Waals surface area contributed by atoms with Crippen LogP contribution in [0.2, 0.25) is 0 Å². The fourth-order valence-corrected chi connectivity index (χ4v) is 1.58. The summed E-state index contributed by atoms with van der Waals surface area (Å²) >= 11 is 0. The second-order valence-electron chi connectivity index (χ2n) is 5.00. The highest BCUT2D eigenvalue weighted by Gasteiger charge is 2.09. The molecule has 0 aromatic heterocycles. The summed E-state index contributed by atoms with van der Waals surface area (Å²) in [4.78, 5) is 2.33. The maximum absolute atomic E-state index is 9.59. The van der Waals surface area contributed by atoms with E-state index >= 15 is 0 Å². The lowest BCUT2D eigenvalue weighted by atomic mass is 10.1. The van der Waals surface area contributed by atoms with Crippen molar-refractivity contribution in [1.29, 1.82) is 0 Å². The minimum Gasteiger partial charge on any atom is -0.378 e. The summed E-state index contributed by atoms with van der Waals surface area (Å²) in [7, 11) is 0. The van der Waals surface area contributed by atoms with Gasteiger partial charge in [-0.2, -0.15) is 0 Å². The number of aliphatic hydroxyl groups is 1. The number of hydrogen-bond acceptors (Lipinski definition) is 3. The van der Waals surface area contributed by atoms with Crippen LogP contribution in [0.15, 0.2) is 0 Å². The molecule has 1 atom stereocenters. The van der Waals surface area contributed by atoms with Crippen LogP contribution in [-0.4, -0.2) is 48.0 Å². The Morgan fingerprint density at radius 1 is 1.22 bits per heavy atom. The molecule has 0 radical (unpaired) electrons. The van der Waals surface area contributed by atoms with E-state index in [4.69, 9.17) is 4.74 Å². The highest BCUT2D eigenvalue weighted by molar-refractivity contribution is 5.13. The molecule has 0 bridgehead atoms. The first-order chi connectivity index (χ1) is 8.42. The van der Waals surface area contributed by atoms with E-state index < -0.39 is 5.60 Å². The Labute approximate surface area is 113 Å². The zero-order valence-electron chi connectivity index (χ0n) is 12.6. The van der Waals surface area contributed by atoms with Gasteiger partial charge < -0.3 is 14.7 Å². The van der Waals surface area contributed by atoms with E-state index in [0.29, 0.717) is 6.61 Å².